The number of nitrogens with zero attached hydrogens (tertiary/aromatic N) is 3. The van der Waals surface area contributed by atoms with Gasteiger partial charge in [-0.15, -0.1) is 0 Å². The number of aliphatic hydroxyl groups is 1. The summed E-state index contributed by atoms with van der Waals surface area (Å²) in [5.41, 5.74) is 0.326. The van der Waals surface area contributed by atoms with E-state index in [0.717, 1.165) is 23.1 Å². The Kier molecular flexibility index (Phi) is 7.41. The molecule has 0 spiro atoms. The fourth-order valence-corrected chi connectivity index (χ4v) is 4.12. The predicted molar refractivity (Wildman–Crippen MR) is 124 cm³/mol. The molecule has 1 unspecified atom stereocenters. The summed E-state index contributed by atoms with van der Waals surface area (Å²) in [6.45, 7) is 2.01. The largest absolute Gasteiger partial charge is 0.435 e. The third-order valence-corrected chi connectivity index (χ3v) is 6.03. The van der Waals surface area contributed by atoms with Crippen LogP contribution in [0.1, 0.15) is 51.8 Å². The van der Waals surface area contributed by atoms with Crippen molar-refractivity contribution in [3.8, 4) is 11.3 Å². The van der Waals surface area contributed by atoms with Crippen molar-refractivity contribution in [3.63, 3.8) is 0 Å². The van der Waals surface area contributed by atoms with E-state index in [0.29, 0.717) is 11.1 Å². The monoisotopic (exact) mass is 505 g/mol. The van der Waals surface area contributed by atoms with Crippen molar-refractivity contribution in [2.45, 2.75) is 38.5 Å². The van der Waals surface area contributed by atoms with Gasteiger partial charge in [0.15, 0.2) is 5.69 Å². The average Bonchev–Trinajstić information content (AvgIpc) is 3.58. The maximum atomic E-state index is 13.8. The van der Waals surface area contributed by atoms with E-state index in [2.05, 4.69) is 20.7 Å². The summed E-state index contributed by atoms with van der Waals surface area (Å²) in [7, 11) is 1.38. The lowest BCUT2D eigenvalue weighted by molar-refractivity contribution is -0.141. The van der Waals surface area contributed by atoms with E-state index >= 15 is 0 Å². The highest BCUT2D eigenvalue weighted by molar-refractivity contribution is 5.93. The van der Waals surface area contributed by atoms with Crippen LogP contribution < -0.4 is 10.6 Å². The molecule has 0 radical (unpaired) electrons. The number of nitrogens with one attached hydrogen (secondary N) is 2. The van der Waals surface area contributed by atoms with Crippen molar-refractivity contribution in [3.05, 3.63) is 70.4 Å². The topological polar surface area (TPSA) is 92.1 Å². The zero-order chi connectivity index (χ0) is 26.0. The molecule has 36 heavy (non-hydrogen) atoms. The molecule has 0 saturated heterocycles. The van der Waals surface area contributed by atoms with Crippen LogP contribution in [0.25, 0.3) is 11.3 Å². The Labute approximate surface area is 205 Å². The summed E-state index contributed by atoms with van der Waals surface area (Å²) in [5, 5.41) is 18.5. The molecule has 11 heteroatoms. The van der Waals surface area contributed by atoms with Gasteiger partial charge < -0.3 is 15.7 Å². The van der Waals surface area contributed by atoms with Gasteiger partial charge in [-0.3, -0.25) is 9.48 Å². The van der Waals surface area contributed by atoms with Crippen LogP contribution in [-0.4, -0.2) is 38.9 Å². The highest BCUT2D eigenvalue weighted by atomic mass is 19.4. The Morgan fingerprint density at radius 1 is 1.25 bits per heavy atom. The van der Waals surface area contributed by atoms with E-state index < -0.39 is 17.8 Å². The molecule has 2 heterocycles. The molecular weight excluding hydrogens is 478 g/mol. The quantitative estimate of drug-likeness (QED) is 0.303. The first kappa shape index (κ1) is 25.8. The molecule has 1 aliphatic carbocycles. The van der Waals surface area contributed by atoms with Crippen molar-refractivity contribution in [2.24, 2.45) is 13.0 Å². The van der Waals surface area contributed by atoms with E-state index in [1.807, 2.05) is 0 Å². The SMILES string of the molecule is Cc1cc(C(NC(=O)c2cc(CNCCO)cc(-c3cn(C)nc3C(F)(F)F)n2)C2CC2)ccc1F. The van der Waals surface area contributed by atoms with Crippen molar-refractivity contribution in [2.75, 3.05) is 13.2 Å². The number of aryl methyl sites for hydroxylation is 2. The van der Waals surface area contributed by atoms with Gasteiger partial charge in [-0.25, -0.2) is 9.37 Å². The molecular formula is C25H27F4N5O2. The van der Waals surface area contributed by atoms with Crippen molar-refractivity contribution in [1.82, 2.24) is 25.4 Å². The van der Waals surface area contributed by atoms with E-state index in [-0.39, 0.29) is 54.4 Å². The number of carbonyl (C=O) groups excluding carboxylic acids is 1. The van der Waals surface area contributed by atoms with Crippen molar-refractivity contribution >= 4 is 5.91 Å². The van der Waals surface area contributed by atoms with Crippen LogP contribution in [0.4, 0.5) is 17.6 Å². The lowest BCUT2D eigenvalue weighted by Crippen LogP contribution is -2.31. The number of hydrogen-bond acceptors (Lipinski definition) is 5. The molecule has 1 aromatic carbocycles. The maximum absolute atomic E-state index is 13.8. The minimum absolute atomic E-state index is 0.0375. The average molecular weight is 506 g/mol. The summed E-state index contributed by atoms with van der Waals surface area (Å²) >= 11 is 0. The predicted octanol–water partition coefficient (Wildman–Crippen LogP) is 3.91. The molecule has 3 aromatic rings. The number of rotatable bonds is 9. The van der Waals surface area contributed by atoms with E-state index in [9.17, 15) is 22.4 Å². The normalized spacial score (nSPS) is 14.6. The van der Waals surface area contributed by atoms with Gasteiger partial charge in [0.2, 0.25) is 0 Å². The summed E-state index contributed by atoms with van der Waals surface area (Å²) in [6.07, 6.45) is -1.69. The Morgan fingerprint density at radius 3 is 2.64 bits per heavy atom. The Bertz CT molecular complexity index is 1250. The van der Waals surface area contributed by atoms with Gasteiger partial charge >= 0.3 is 6.18 Å². The Hall–Kier alpha value is -3.31. The van der Waals surface area contributed by atoms with E-state index in [4.69, 9.17) is 5.11 Å². The molecule has 0 bridgehead atoms. The third-order valence-electron chi connectivity index (χ3n) is 6.03. The summed E-state index contributed by atoms with van der Waals surface area (Å²) in [6, 6.07) is 7.28. The highest BCUT2D eigenvalue weighted by Gasteiger charge is 2.38. The number of halogens is 4. The molecule has 1 aliphatic rings. The number of benzene rings is 1. The minimum Gasteiger partial charge on any atom is -0.395 e. The summed E-state index contributed by atoms with van der Waals surface area (Å²) in [4.78, 5) is 17.6. The van der Waals surface area contributed by atoms with Crippen LogP contribution in [0.15, 0.2) is 36.5 Å². The smallest absolute Gasteiger partial charge is 0.395 e. The molecule has 192 valence electrons. The first-order valence-electron chi connectivity index (χ1n) is 11.6. The molecule has 2 aromatic heterocycles. The number of pyridine rings is 1. The van der Waals surface area contributed by atoms with Crippen LogP contribution in [0, 0.1) is 18.7 Å². The van der Waals surface area contributed by atoms with E-state index in [1.54, 1.807) is 19.1 Å². The highest BCUT2D eigenvalue weighted by Crippen LogP contribution is 2.41. The third kappa shape index (κ3) is 5.90. The second-order valence-electron chi connectivity index (χ2n) is 9.01. The van der Waals surface area contributed by atoms with Crippen molar-refractivity contribution in [1.29, 1.82) is 0 Å². The second-order valence-corrected chi connectivity index (χ2v) is 9.01. The van der Waals surface area contributed by atoms with Crippen LogP contribution in [-0.2, 0) is 19.8 Å². The Morgan fingerprint density at radius 2 is 2.00 bits per heavy atom. The number of aliphatic hydroxyl groups excluding tert-OH is 1. The lowest BCUT2D eigenvalue weighted by atomic mass is 9.99. The van der Waals surface area contributed by atoms with Gasteiger partial charge in [-0.1, -0.05) is 12.1 Å². The summed E-state index contributed by atoms with van der Waals surface area (Å²) in [5.74, 6) is -0.703. The van der Waals surface area contributed by atoms with Crippen molar-refractivity contribution < 1.29 is 27.5 Å². The van der Waals surface area contributed by atoms with Gasteiger partial charge in [-0.2, -0.15) is 18.3 Å². The van der Waals surface area contributed by atoms with Crippen LogP contribution in [0.3, 0.4) is 0 Å². The maximum Gasteiger partial charge on any atom is 0.435 e. The Balaban J connectivity index is 1.70. The van der Waals surface area contributed by atoms with Gasteiger partial charge in [0, 0.05) is 26.3 Å². The minimum atomic E-state index is -4.71. The van der Waals surface area contributed by atoms with Gasteiger partial charge in [-0.05, 0) is 60.6 Å². The first-order chi connectivity index (χ1) is 17.1. The number of carbonyl (C=O) groups is 1. The number of amides is 1. The van der Waals surface area contributed by atoms with Crippen LogP contribution in [0.2, 0.25) is 0 Å². The van der Waals surface area contributed by atoms with Gasteiger partial charge in [0.1, 0.15) is 11.5 Å². The molecule has 4 rings (SSSR count). The molecule has 7 nitrogen and oxygen atoms in total. The van der Waals surface area contributed by atoms with Gasteiger partial charge in [0.05, 0.1) is 23.9 Å². The second kappa shape index (κ2) is 10.4. The van der Waals surface area contributed by atoms with Crippen LogP contribution >= 0.6 is 0 Å². The number of hydrogen-bond donors (Lipinski definition) is 3. The molecule has 1 atom stereocenters. The van der Waals surface area contributed by atoms with E-state index in [1.165, 1.54) is 31.4 Å². The molecule has 3 N–H and O–H groups in total. The molecule has 1 amide bonds. The lowest BCUT2D eigenvalue weighted by Gasteiger charge is -2.20. The van der Waals surface area contributed by atoms with Crippen LogP contribution in [0.5, 0.6) is 0 Å². The fraction of sp³-hybridized carbons (Fsp3) is 0.400. The number of aromatic nitrogens is 3. The van der Waals surface area contributed by atoms with Gasteiger partial charge in [0.25, 0.3) is 5.91 Å². The zero-order valence-corrected chi connectivity index (χ0v) is 19.9. The summed E-state index contributed by atoms with van der Waals surface area (Å²) < 4.78 is 55.7. The first-order valence-corrected chi connectivity index (χ1v) is 11.6. The molecule has 0 aliphatic heterocycles. The molecule has 1 saturated carbocycles. The standard InChI is InChI=1S/C25H27F4N5O2/c1-14-9-17(5-6-19(14)26)22(16-3-4-16)32-24(36)21-11-15(12-30-7-8-35)10-20(31-21)18-13-34(2)33-23(18)25(27,28)29/h5-6,9-11,13,16,22,30,35H,3-4,7-8,12H2,1-2H3,(H,32,36). The number of alkyl halides is 3. The zero-order valence-electron chi connectivity index (χ0n) is 19.9. The fourth-order valence-electron chi connectivity index (χ4n) is 4.12. The molecule has 1 fully saturated rings.